The van der Waals surface area contributed by atoms with E-state index < -0.39 is 22.8 Å². The predicted molar refractivity (Wildman–Crippen MR) is 129 cm³/mol. The van der Waals surface area contributed by atoms with Gasteiger partial charge < -0.3 is 20.9 Å². The second-order valence-corrected chi connectivity index (χ2v) is 9.25. The molecule has 2 aromatic rings. The molecule has 0 spiro atoms. The van der Waals surface area contributed by atoms with Crippen LogP contribution in [0.15, 0.2) is 42.6 Å². The van der Waals surface area contributed by atoms with Crippen molar-refractivity contribution in [1.82, 2.24) is 15.6 Å². The average Bonchev–Trinajstić information content (AvgIpc) is 2.85. The van der Waals surface area contributed by atoms with Crippen LogP contribution in [0.2, 0.25) is 0 Å². The number of rotatable bonds is 6. The van der Waals surface area contributed by atoms with Crippen molar-refractivity contribution < 1.29 is 22.9 Å². The number of pyridine rings is 1. The number of piperidine rings is 1. The highest BCUT2D eigenvalue weighted by Crippen LogP contribution is 2.28. The molecule has 3 N–H and O–H groups in total. The first kappa shape index (κ1) is 25.7. The Morgan fingerprint density at radius 1 is 1.03 bits per heavy atom. The van der Waals surface area contributed by atoms with Crippen molar-refractivity contribution in [3.63, 3.8) is 0 Å². The van der Waals surface area contributed by atoms with Gasteiger partial charge in [0.15, 0.2) is 0 Å². The average molecular weight is 507 g/mol. The standard InChI is InChI=1S/C24H29F3N6O3/c25-24(26,27)22-12-7-16(14-28-22)30-23(34)31-21-6-2-1-5-20(21)29-17-4-3-13-32(15-17)18-8-10-19(11-9-18)33(35)36/h7-12,14,17,20-21,29H,1-6,13,15H2,(H2,30,31,34)/t17-,20+,21+/m0/s1. The van der Waals surface area contributed by atoms with Gasteiger partial charge in [0, 0.05) is 49.0 Å². The first-order valence-electron chi connectivity index (χ1n) is 12.1. The number of alkyl halides is 3. The molecule has 2 aliphatic rings. The topological polar surface area (TPSA) is 112 Å². The molecule has 0 unspecified atom stereocenters. The molecule has 36 heavy (non-hydrogen) atoms. The van der Waals surface area contributed by atoms with Gasteiger partial charge in [0.05, 0.1) is 16.8 Å². The number of hydrogen-bond acceptors (Lipinski definition) is 6. The molecular formula is C24H29F3N6O3. The molecule has 3 atom stereocenters. The van der Waals surface area contributed by atoms with Gasteiger partial charge in [-0.2, -0.15) is 13.2 Å². The van der Waals surface area contributed by atoms with E-state index in [0.717, 1.165) is 69.6 Å². The lowest BCUT2D eigenvalue weighted by molar-refractivity contribution is -0.384. The summed E-state index contributed by atoms with van der Waals surface area (Å²) in [6.45, 7) is 1.62. The Labute approximate surface area is 206 Å². The number of amides is 2. The van der Waals surface area contributed by atoms with E-state index in [0.29, 0.717) is 0 Å². The van der Waals surface area contributed by atoms with Crippen molar-refractivity contribution >= 4 is 23.1 Å². The fourth-order valence-electron chi connectivity index (χ4n) is 4.91. The minimum absolute atomic E-state index is 0.0620. The second-order valence-electron chi connectivity index (χ2n) is 9.25. The molecule has 2 fully saturated rings. The molecule has 12 heteroatoms. The number of nitrogens with zero attached hydrogens (tertiary/aromatic N) is 3. The number of aromatic nitrogens is 1. The number of hydrogen-bond donors (Lipinski definition) is 3. The van der Waals surface area contributed by atoms with E-state index in [9.17, 15) is 28.1 Å². The van der Waals surface area contributed by atoms with Gasteiger partial charge in [0.1, 0.15) is 5.69 Å². The quantitative estimate of drug-likeness (QED) is 0.387. The summed E-state index contributed by atoms with van der Waals surface area (Å²) in [4.78, 5) is 28.6. The molecule has 2 heterocycles. The number of halogens is 3. The maximum Gasteiger partial charge on any atom is 0.433 e. The normalized spacial score (nSPS) is 22.6. The molecule has 0 bridgehead atoms. The monoisotopic (exact) mass is 506 g/mol. The molecule has 0 radical (unpaired) electrons. The van der Waals surface area contributed by atoms with Crippen LogP contribution in [0, 0.1) is 10.1 Å². The molecule has 9 nitrogen and oxygen atoms in total. The minimum Gasteiger partial charge on any atom is -0.370 e. The molecule has 1 saturated heterocycles. The van der Waals surface area contributed by atoms with E-state index in [4.69, 9.17) is 0 Å². The van der Waals surface area contributed by atoms with Crippen molar-refractivity contribution in [2.24, 2.45) is 0 Å². The second kappa shape index (κ2) is 11.1. The van der Waals surface area contributed by atoms with Gasteiger partial charge in [-0.15, -0.1) is 0 Å². The summed E-state index contributed by atoms with van der Waals surface area (Å²) in [6.07, 6.45) is 2.14. The van der Waals surface area contributed by atoms with Gasteiger partial charge in [-0.3, -0.25) is 10.1 Å². The molecule has 194 valence electrons. The lowest BCUT2D eigenvalue weighted by Crippen LogP contribution is -2.57. The number of nitro benzene ring substituents is 1. The van der Waals surface area contributed by atoms with E-state index in [1.807, 2.05) is 0 Å². The Kier molecular flexibility index (Phi) is 7.92. The van der Waals surface area contributed by atoms with E-state index in [1.54, 1.807) is 12.1 Å². The Morgan fingerprint density at radius 3 is 2.39 bits per heavy atom. The van der Waals surface area contributed by atoms with E-state index in [1.165, 1.54) is 18.2 Å². The maximum absolute atomic E-state index is 12.7. The summed E-state index contributed by atoms with van der Waals surface area (Å²) >= 11 is 0. The first-order chi connectivity index (χ1) is 17.2. The molecule has 4 rings (SSSR count). The zero-order chi connectivity index (χ0) is 25.7. The van der Waals surface area contributed by atoms with Crippen LogP contribution >= 0.6 is 0 Å². The number of urea groups is 1. The summed E-state index contributed by atoms with van der Waals surface area (Å²) in [7, 11) is 0. The predicted octanol–water partition coefficient (Wildman–Crippen LogP) is 4.70. The number of anilines is 2. The highest BCUT2D eigenvalue weighted by Gasteiger charge is 2.33. The van der Waals surface area contributed by atoms with Crippen LogP contribution in [0.5, 0.6) is 0 Å². The molecule has 2 amide bonds. The number of nitrogens with one attached hydrogen (secondary N) is 3. The molecule has 1 saturated carbocycles. The number of nitro groups is 1. The van der Waals surface area contributed by atoms with E-state index in [2.05, 4.69) is 25.8 Å². The smallest absolute Gasteiger partial charge is 0.370 e. The Balaban J connectivity index is 1.32. The van der Waals surface area contributed by atoms with Crippen LogP contribution in [0.3, 0.4) is 0 Å². The third-order valence-electron chi connectivity index (χ3n) is 6.69. The third kappa shape index (κ3) is 6.62. The SMILES string of the molecule is O=C(Nc1ccc(C(F)(F)F)nc1)N[C@@H]1CCCC[C@H]1N[C@H]1CCCN(c2ccc([N+](=O)[O-])cc2)C1. The van der Waals surface area contributed by atoms with Crippen LogP contribution in [0.25, 0.3) is 0 Å². The highest BCUT2D eigenvalue weighted by molar-refractivity contribution is 5.89. The minimum atomic E-state index is -4.53. The zero-order valence-corrected chi connectivity index (χ0v) is 19.6. The van der Waals surface area contributed by atoms with Gasteiger partial charge in [-0.1, -0.05) is 12.8 Å². The Hall–Kier alpha value is -3.41. The summed E-state index contributed by atoms with van der Waals surface area (Å²) in [6, 6.07) is 8.25. The number of benzene rings is 1. The molecule has 1 aromatic heterocycles. The Bertz CT molecular complexity index is 1050. The number of carbonyl (C=O) groups excluding carboxylic acids is 1. The molecule has 1 aromatic carbocycles. The summed E-state index contributed by atoms with van der Waals surface area (Å²) < 4.78 is 38.1. The lowest BCUT2D eigenvalue weighted by Gasteiger charge is -2.40. The van der Waals surface area contributed by atoms with Gasteiger partial charge in [-0.25, -0.2) is 9.78 Å². The molecule has 1 aliphatic heterocycles. The van der Waals surface area contributed by atoms with Crippen LogP contribution < -0.4 is 20.9 Å². The van der Waals surface area contributed by atoms with Gasteiger partial charge >= 0.3 is 12.2 Å². The lowest BCUT2D eigenvalue weighted by atomic mass is 9.89. The zero-order valence-electron chi connectivity index (χ0n) is 19.6. The molecular weight excluding hydrogens is 477 g/mol. The summed E-state index contributed by atoms with van der Waals surface area (Å²) in [5.74, 6) is 0. The van der Waals surface area contributed by atoms with Crippen molar-refractivity contribution in [2.45, 2.75) is 62.8 Å². The van der Waals surface area contributed by atoms with Crippen molar-refractivity contribution in [3.05, 3.63) is 58.4 Å². The van der Waals surface area contributed by atoms with Gasteiger partial charge in [0.25, 0.3) is 5.69 Å². The van der Waals surface area contributed by atoms with E-state index >= 15 is 0 Å². The van der Waals surface area contributed by atoms with Crippen molar-refractivity contribution in [1.29, 1.82) is 0 Å². The van der Waals surface area contributed by atoms with Crippen LogP contribution in [0.1, 0.15) is 44.2 Å². The van der Waals surface area contributed by atoms with Gasteiger partial charge in [0.2, 0.25) is 0 Å². The third-order valence-corrected chi connectivity index (χ3v) is 6.69. The van der Waals surface area contributed by atoms with Crippen molar-refractivity contribution in [2.75, 3.05) is 23.3 Å². The highest BCUT2D eigenvalue weighted by atomic mass is 19.4. The van der Waals surface area contributed by atoms with E-state index in [-0.39, 0.29) is 29.5 Å². The maximum atomic E-state index is 12.7. The summed E-state index contributed by atoms with van der Waals surface area (Å²) in [5, 5.41) is 20.2. The van der Waals surface area contributed by atoms with Crippen molar-refractivity contribution in [3.8, 4) is 0 Å². The fraction of sp³-hybridized carbons (Fsp3) is 0.500. The largest absolute Gasteiger partial charge is 0.433 e. The first-order valence-corrected chi connectivity index (χ1v) is 12.1. The number of carbonyl (C=O) groups is 1. The summed E-state index contributed by atoms with van der Waals surface area (Å²) in [5.41, 5.74) is 0.175. The fourth-order valence-corrected chi connectivity index (χ4v) is 4.91. The number of non-ortho nitro benzene ring substituents is 1. The van der Waals surface area contributed by atoms with Crippen LogP contribution in [0.4, 0.5) is 35.0 Å². The van der Waals surface area contributed by atoms with Crippen LogP contribution in [-0.2, 0) is 6.18 Å². The Morgan fingerprint density at radius 2 is 1.75 bits per heavy atom. The molecule has 1 aliphatic carbocycles. The van der Waals surface area contributed by atoms with Gasteiger partial charge in [-0.05, 0) is 49.9 Å². The van der Waals surface area contributed by atoms with Crippen LogP contribution in [-0.4, -0.2) is 47.2 Å².